The van der Waals surface area contributed by atoms with E-state index in [1.807, 2.05) is 13.0 Å². The van der Waals surface area contributed by atoms with Crippen molar-refractivity contribution in [3.63, 3.8) is 0 Å². The number of aryl methyl sites for hydroxylation is 1. The van der Waals surface area contributed by atoms with E-state index in [0.29, 0.717) is 11.5 Å². The van der Waals surface area contributed by atoms with Gasteiger partial charge in [0.15, 0.2) is 5.03 Å². The number of nitrogens with zero attached hydrogens (tertiary/aromatic N) is 1. The minimum absolute atomic E-state index is 0.0381. The second-order valence-electron chi connectivity index (χ2n) is 4.35. The SMILES string of the molecule is Cc1ncc(S(=O)(=O)Nc2cccc(C(C)N)c2)[nH]1. The monoisotopic (exact) mass is 280 g/mol. The predicted octanol–water partition coefficient (Wildman–Crippen LogP) is 1.54. The molecule has 7 heteroatoms. The van der Waals surface area contributed by atoms with E-state index in [4.69, 9.17) is 5.73 Å². The van der Waals surface area contributed by atoms with E-state index in [1.54, 1.807) is 25.1 Å². The summed E-state index contributed by atoms with van der Waals surface area (Å²) in [5.41, 5.74) is 7.10. The van der Waals surface area contributed by atoms with Gasteiger partial charge in [0.2, 0.25) is 0 Å². The fourth-order valence-electron chi connectivity index (χ4n) is 1.63. The zero-order valence-electron chi connectivity index (χ0n) is 10.7. The van der Waals surface area contributed by atoms with Crippen molar-refractivity contribution in [3.05, 3.63) is 41.9 Å². The maximum atomic E-state index is 12.1. The first-order chi connectivity index (χ1) is 8.88. The number of nitrogens with one attached hydrogen (secondary N) is 2. The number of aromatic nitrogens is 2. The molecule has 1 atom stereocenters. The Kier molecular flexibility index (Phi) is 3.59. The molecule has 0 aliphatic carbocycles. The van der Waals surface area contributed by atoms with Crippen LogP contribution in [0.15, 0.2) is 35.5 Å². The Balaban J connectivity index is 2.28. The van der Waals surface area contributed by atoms with E-state index in [0.717, 1.165) is 5.56 Å². The van der Waals surface area contributed by atoms with Gasteiger partial charge in [-0.2, -0.15) is 8.42 Å². The molecule has 0 saturated carbocycles. The molecule has 1 aromatic heterocycles. The number of anilines is 1. The Bertz CT molecular complexity index is 677. The van der Waals surface area contributed by atoms with E-state index in [-0.39, 0.29) is 11.1 Å². The van der Waals surface area contributed by atoms with E-state index >= 15 is 0 Å². The lowest BCUT2D eigenvalue weighted by Crippen LogP contribution is -2.14. The maximum Gasteiger partial charge on any atom is 0.278 e. The van der Waals surface area contributed by atoms with Crippen LogP contribution in [-0.4, -0.2) is 18.4 Å². The summed E-state index contributed by atoms with van der Waals surface area (Å²) in [6.07, 6.45) is 1.28. The third-order valence-corrected chi connectivity index (χ3v) is 3.92. The van der Waals surface area contributed by atoms with Crippen LogP contribution < -0.4 is 10.5 Å². The first kappa shape index (κ1) is 13.6. The van der Waals surface area contributed by atoms with E-state index in [2.05, 4.69) is 14.7 Å². The van der Waals surface area contributed by atoms with Crippen molar-refractivity contribution >= 4 is 15.7 Å². The molecule has 6 nitrogen and oxygen atoms in total. The molecule has 0 spiro atoms. The van der Waals surface area contributed by atoms with Gasteiger partial charge in [-0.15, -0.1) is 0 Å². The topological polar surface area (TPSA) is 101 Å². The highest BCUT2D eigenvalue weighted by molar-refractivity contribution is 7.92. The van der Waals surface area contributed by atoms with Crippen LogP contribution >= 0.6 is 0 Å². The molecule has 0 fully saturated rings. The Morgan fingerprint density at radius 3 is 2.74 bits per heavy atom. The summed E-state index contributed by atoms with van der Waals surface area (Å²) in [7, 11) is -3.64. The Labute approximate surface area is 112 Å². The molecule has 0 radical (unpaired) electrons. The Morgan fingerprint density at radius 2 is 2.16 bits per heavy atom. The molecule has 102 valence electrons. The van der Waals surface area contributed by atoms with Crippen LogP contribution in [0.4, 0.5) is 5.69 Å². The van der Waals surface area contributed by atoms with Crippen molar-refractivity contribution in [2.45, 2.75) is 24.9 Å². The summed E-state index contributed by atoms with van der Waals surface area (Å²) >= 11 is 0. The number of nitrogens with two attached hydrogens (primary N) is 1. The number of benzene rings is 1. The van der Waals surface area contributed by atoms with Gasteiger partial charge < -0.3 is 10.7 Å². The van der Waals surface area contributed by atoms with Gasteiger partial charge in [-0.3, -0.25) is 4.72 Å². The third kappa shape index (κ3) is 3.12. The van der Waals surface area contributed by atoms with E-state index in [1.165, 1.54) is 6.20 Å². The van der Waals surface area contributed by atoms with Crippen LogP contribution in [0.25, 0.3) is 0 Å². The zero-order valence-corrected chi connectivity index (χ0v) is 11.5. The molecule has 4 N–H and O–H groups in total. The number of sulfonamides is 1. The van der Waals surface area contributed by atoms with Crippen LogP contribution in [0.5, 0.6) is 0 Å². The minimum atomic E-state index is -3.64. The van der Waals surface area contributed by atoms with Crippen molar-refractivity contribution < 1.29 is 8.42 Å². The van der Waals surface area contributed by atoms with Gasteiger partial charge in [0.25, 0.3) is 10.0 Å². The lowest BCUT2D eigenvalue weighted by atomic mass is 10.1. The van der Waals surface area contributed by atoms with Gasteiger partial charge in [-0.1, -0.05) is 12.1 Å². The highest BCUT2D eigenvalue weighted by Crippen LogP contribution is 2.18. The first-order valence-corrected chi connectivity index (χ1v) is 7.27. The summed E-state index contributed by atoms with van der Waals surface area (Å²) in [6.45, 7) is 3.53. The average molecular weight is 280 g/mol. The molecular weight excluding hydrogens is 264 g/mol. The molecule has 1 unspecified atom stereocenters. The second-order valence-corrected chi connectivity index (χ2v) is 6.00. The number of H-pyrrole nitrogens is 1. The molecule has 1 aromatic carbocycles. The normalized spacial score (nSPS) is 13.2. The molecule has 0 saturated heterocycles. The standard InChI is InChI=1S/C12H16N4O2S/c1-8(13)10-4-3-5-11(6-10)16-19(17,18)12-7-14-9(2)15-12/h3-8,16H,13H2,1-2H3,(H,14,15). The van der Waals surface area contributed by atoms with E-state index in [9.17, 15) is 8.42 Å². The highest BCUT2D eigenvalue weighted by Gasteiger charge is 2.16. The van der Waals surface area contributed by atoms with Crippen LogP contribution in [-0.2, 0) is 10.0 Å². The smallest absolute Gasteiger partial charge is 0.278 e. The average Bonchev–Trinajstić information content (AvgIpc) is 2.76. The number of hydrogen-bond donors (Lipinski definition) is 3. The summed E-state index contributed by atoms with van der Waals surface area (Å²) in [4.78, 5) is 6.56. The Hall–Kier alpha value is -1.86. The van der Waals surface area contributed by atoms with Crippen molar-refractivity contribution in [3.8, 4) is 0 Å². The van der Waals surface area contributed by atoms with E-state index < -0.39 is 10.0 Å². The zero-order chi connectivity index (χ0) is 14.0. The molecule has 0 amide bonds. The molecule has 19 heavy (non-hydrogen) atoms. The number of rotatable bonds is 4. The molecule has 0 aliphatic rings. The lowest BCUT2D eigenvalue weighted by Gasteiger charge is -2.10. The molecule has 1 heterocycles. The number of aromatic amines is 1. The molecule has 0 bridgehead atoms. The third-order valence-electron chi connectivity index (χ3n) is 2.63. The predicted molar refractivity (Wildman–Crippen MR) is 73.2 cm³/mol. The molecular formula is C12H16N4O2S. The van der Waals surface area contributed by atoms with Gasteiger partial charge in [-0.25, -0.2) is 4.98 Å². The van der Waals surface area contributed by atoms with Gasteiger partial charge in [-0.05, 0) is 31.5 Å². The summed E-state index contributed by atoms with van der Waals surface area (Å²) in [6, 6.07) is 6.84. The molecule has 2 rings (SSSR count). The van der Waals surface area contributed by atoms with Gasteiger partial charge in [0, 0.05) is 11.7 Å². The second kappa shape index (κ2) is 5.02. The fourth-order valence-corrected chi connectivity index (χ4v) is 2.65. The maximum absolute atomic E-state index is 12.1. The van der Waals surface area contributed by atoms with Crippen molar-refractivity contribution in [1.29, 1.82) is 0 Å². The summed E-state index contributed by atoms with van der Waals surface area (Å²) < 4.78 is 26.7. The first-order valence-electron chi connectivity index (χ1n) is 5.78. The van der Waals surface area contributed by atoms with Gasteiger partial charge >= 0.3 is 0 Å². The van der Waals surface area contributed by atoms with Crippen LogP contribution in [0.3, 0.4) is 0 Å². The van der Waals surface area contributed by atoms with Gasteiger partial charge in [0.1, 0.15) is 5.82 Å². The van der Waals surface area contributed by atoms with Crippen molar-refractivity contribution in [2.75, 3.05) is 4.72 Å². The quantitative estimate of drug-likeness (QED) is 0.790. The van der Waals surface area contributed by atoms with Crippen LogP contribution in [0.1, 0.15) is 24.4 Å². The fraction of sp³-hybridized carbons (Fsp3) is 0.250. The molecule has 2 aromatic rings. The van der Waals surface area contributed by atoms with Gasteiger partial charge in [0.05, 0.1) is 6.20 Å². The number of hydrogen-bond acceptors (Lipinski definition) is 4. The summed E-state index contributed by atoms with van der Waals surface area (Å²) in [5.74, 6) is 0.546. The van der Waals surface area contributed by atoms with Crippen molar-refractivity contribution in [1.82, 2.24) is 9.97 Å². The van der Waals surface area contributed by atoms with Crippen LogP contribution in [0, 0.1) is 6.92 Å². The lowest BCUT2D eigenvalue weighted by molar-refractivity contribution is 0.598. The minimum Gasteiger partial charge on any atom is -0.332 e. The Morgan fingerprint density at radius 1 is 1.42 bits per heavy atom. The summed E-state index contributed by atoms with van der Waals surface area (Å²) in [5, 5.41) is 0.0381. The molecule has 0 aliphatic heterocycles. The largest absolute Gasteiger partial charge is 0.332 e. The van der Waals surface area contributed by atoms with Crippen molar-refractivity contribution in [2.24, 2.45) is 5.73 Å². The number of imidazole rings is 1. The van der Waals surface area contributed by atoms with Crippen LogP contribution in [0.2, 0.25) is 0 Å². The highest BCUT2D eigenvalue weighted by atomic mass is 32.2.